The highest BCUT2D eigenvalue weighted by Crippen LogP contribution is 2.33. The number of anilines is 1. The van der Waals surface area contributed by atoms with Crippen LogP contribution >= 0.6 is 23.3 Å². The van der Waals surface area contributed by atoms with Gasteiger partial charge in [0.2, 0.25) is 0 Å². The van der Waals surface area contributed by atoms with E-state index < -0.39 is 0 Å². The first kappa shape index (κ1) is 16.2. The van der Waals surface area contributed by atoms with Gasteiger partial charge in [-0.05, 0) is 36.1 Å². The number of nitrogens with zero attached hydrogens (tertiary/aromatic N) is 4. The van der Waals surface area contributed by atoms with Crippen molar-refractivity contribution in [2.45, 2.75) is 55.8 Å². The molecule has 0 aliphatic heterocycles. The third-order valence-electron chi connectivity index (χ3n) is 2.90. The molecule has 114 valence electrons. The Labute approximate surface area is 134 Å². The highest BCUT2D eigenvalue weighted by molar-refractivity contribution is 8.00. The van der Waals surface area contributed by atoms with Crippen LogP contribution in [0.5, 0.6) is 0 Å². The van der Waals surface area contributed by atoms with Crippen molar-refractivity contribution in [1.29, 1.82) is 0 Å². The standard InChI is InChI=1S/C14H21N5S2/c1-4-7-10-12(15-8-5-2)16-9-17-13(10)20-14-18-11(6-3)19-21-14/h9H,4-8H2,1-3H3,(H,15,16,17). The largest absolute Gasteiger partial charge is 0.370 e. The molecule has 0 saturated heterocycles. The van der Waals surface area contributed by atoms with E-state index in [1.165, 1.54) is 17.1 Å². The summed E-state index contributed by atoms with van der Waals surface area (Å²) in [5.74, 6) is 1.86. The van der Waals surface area contributed by atoms with Gasteiger partial charge in [-0.15, -0.1) is 0 Å². The second-order valence-corrected chi connectivity index (χ2v) is 6.60. The summed E-state index contributed by atoms with van der Waals surface area (Å²) in [7, 11) is 0. The van der Waals surface area contributed by atoms with Gasteiger partial charge in [0.15, 0.2) is 4.34 Å². The van der Waals surface area contributed by atoms with E-state index in [1.54, 1.807) is 18.1 Å². The number of nitrogens with one attached hydrogen (secondary N) is 1. The average molecular weight is 323 g/mol. The van der Waals surface area contributed by atoms with Crippen LogP contribution in [0.25, 0.3) is 0 Å². The molecule has 0 amide bonds. The van der Waals surface area contributed by atoms with Crippen molar-refractivity contribution in [3.05, 3.63) is 17.7 Å². The Morgan fingerprint density at radius 2 is 2.05 bits per heavy atom. The predicted molar refractivity (Wildman–Crippen MR) is 88.2 cm³/mol. The summed E-state index contributed by atoms with van der Waals surface area (Å²) in [6.07, 6.45) is 5.61. The Kier molecular flexibility index (Phi) is 6.38. The highest BCUT2D eigenvalue weighted by atomic mass is 32.2. The molecule has 0 aliphatic carbocycles. The maximum Gasteiger partial charge on any atom is 0.176 e. The molecule has 0 aliphatic rings. The van der Waals surface area contributed by atoms with Crippen LogP contribution in [0.4, 0.5) is 5.82 Å². The summed E-state index contributed by atoms with van der Waals surface area (Å²) in [5.41, 5.74) is 1.19. The first-order valence-electron chi connectivity index (χ1n) is 7.36. The fraction of sp³-hybridized carbons (Fsp3) is 0.571. The lowest BCUT2D eigenvalue weighted by Crippen LogP contribution is -2.07. The summed E-state index contributed by atoms with van der Waals surface area (Å²) in [4.78, 5) is 13.3. The van der Waals surface area contributed by atoms with Gasteiger partial charge in [-0.25, -0.2) is 15.0 Å². The summed E-state index contributed by atoms with van der Waals surface area (Å²) in [6.45, 7) is 7.31. The van der Waals surface area contributed by atoms with Crippen molar-refractivity contribution >= 4 is 29.1 Å². The minimum atomic E-state index is 0.867. The smallest absolute Gasteiger partial charge is 0.176 e. The number of hydrogen-bond donors (Lipinski definition) is 1. The average Bonchev–Trinajstić information content (AvgIpc) is 2.95. The van der Waals surface area contributed by atoms with Crippen LogP contribution in [0, 0.1) is 0 Å². The van der Waals surface area contributed by atoms with Crippen LogP contribution in [0.2, 0.25) is 0 Å². The van der Waals surface area contributed by atoms with Gasteiger partial charge in [-0.1, -0.05) is 27.2 Å². The molecule has 7 heteroatoms. The van der Waals surface area contributed by atoms with Gasteiger partial charge in [0.25, 0.3) is 0 Å². The minimum absolute atomic E-state index is 0.867. The normalized spacial score (nSPS) is 10.8. The lowest BCUT2D eigenvalue weighted by Gasteiger charge is -2.12. The number of rotatable bonds is 8. The number of hydrogen-bond acceptors (Lipinski definition) is 7. The molecule has 0 bridgehead atoms. The molecule has 2 aromatic heterocycles. The number of aromatic nitrogens is 4. The molecule has 0 unspecified atom stereocenters. The summed E-state index contributed by atoms with van der Waals surface area (Å²) < 4.78 is 5.28. The molecule has 0 fully saturated rings. The molecule has 21 heavy (non-hydrogen) atoms. The molecule has 0 saturated carbocycles. The quantitative estimate of drug-likeness (QED) is 0.745. The predicted octanol–water partition coefficient (Wildman–Crippen LogP) is 3.82. The zero-order valence-corrected chi connectivity index (χ0v) is 14.4. The van der Waals surface area contributed by atoms with E-state index in [0.29, 0.717) is 0 Å². The number of aryl methyl sites for hydroxylation is 1. The zero-order valence-electron chi connectivity index (χ0n) is 12.7. The van der Waals surface area contributed by atoms with E-state index in [2.05, 4.69) is 45.4 Å². The Morgan fingerprint density at radius 3 is 2.71 bits per heavy atom. The maximum absolute atomic E-state index is 4.51. The van der Waals surface area contributed by atoms with Crippen molar-refractivity contribution in [3.63, 3.8) is 0 Å². The topological polar surface area (TPSA) is 63.6 Å². The second-order valence-electron chi connectivity index (χ2n) is 4.61. The molecule has 0 atom stereocenters. The summed E-state index contributed by atoms with van der Waals surface area (Å²) in [5, 5.41) is 4.38. The summed E-state index contributed by atoms with van der Waals surface area (Å²) >= 11 is 3.03. The van der Waals surface area contributed by atoms with E-state index in [4.69, 9.17) is 0 Å². The Balaban J connectivity index is 2.24. The van der Waals surface area contributed by atoms with Crippen molar-refractivity contribution in [2.24, 2.45) is 0 Å². The lowest BCUT2D eigenvalue weighted by molar-refractivity contribution is 0.848. The van der Waals surface area contributed by atoms with Crippen molar-refractivity contribution in [2.75, 3.05) is 11.9 Å². The Morgan fingerprint density at radius 1 is 1.19 bits per heavy atom. The molecule has 0 radical (unpaired) electrons. The fourth-order valence-electron chi connectivity index (χ4n) is 1.86. The maximum atomic E-state index is 4.51. The van der Waals surface area contributed by atoms with Crippen LogP contribution in [0.3, 0.4) is 0 Å². The van der Waals surface area contributed by atoms with E-state index in [1.807, 2.05) is 0 Å². The first-order chi connectivity index (χ1) is 10.3. The van der Waals surface area contributed by atoms with Gasteiger partial charge >= 0.3 is 0 Å². The summed E-state index contributed by atoms with van der Waals surface area (Å²) in [6, 6.07) is 0. The molecule has 0 aromatic carbocycles. The van der Waals surface area contributed by atoms with Gasteiger partial charge in [-0.3, -0.25) is 0 Å². The second kappa shape index (κ2) is 8.29. The van der Waals surface area contributed by atoms with Gasteiger partial charge in [0.1, 0.15) is 23.0 Å². The molecule has 2 aromatic rings. The molecular formula is C14H21N5S2. The van der Waals surface area contributed by atoms with E-state index in [-0.39, 0.29) is 0 Å². The van der Waals surface area contributed by atoms with E-state index in [0.717, 1.165) is 53.2 Å². The molecule has 2 heterocycles. The van der Waals surface area contributed by atoms with Crippen LogP contribution in [-0.4, -0.2) is 25.9 Å². The molecular weight excluding hydrogens is 302 g/mol. The molecule has 5 nitrogen and oxygen atoms in total. The minimum Gasteiger partial charge on any atom is -0.370 e. The van der Waals surface area contributed by atoms with Gasteiger partial charge < -0.3 is 5.32 Å². The van der Waals surface area contributed by atoms with Crippen LogP contribution in [-0.2, 0) is 12.8 Å². The van der Waals surface area contributed by atoms with Crippen LogP contribution in [0.15, 0.2) is 15.7 Å². The molecule has 1 N–H and O–H groups in total. The highest BCUT2D eigenvalue weighted by Gasteiger charge is 2.14. The Hall–Kier alpha value is -1.21. The van der Waals surface area contributed by atoms with E-state index in [9.17, 15) is 0 Å². The third kappa shape index (κ3) is 4.38. The van der Waals surface area contributed by atoms with Gasteiger partial charge in [0, 0.05) is 18.5 Å². The SMILES string of the molecule is CCCNc1ncnc(Sc2nc(CC)ns2)c1CCC. The third-order valence-corrected chi connectivity index (χ3v) is 4.73. The van der Waals surface area contributed by atoms with Crippen LogP contribution in [0.1, 0.15) is 45.0 Å². The zero-order chi connectivity index (χ0) is 15.1. The van der Waals surface area contributed by atoms with Crippen LogP contribution < -0.4 is 5.32 Å². The van der Waals surface area contributed by atoms with Gasteiger partial charge in [-0.2, -0.15) is 4.37 Å². The van der Waals surface area contributed by atoms with Gasteiger partial charge in [0.05, 0.1) is 0 Å². The fourth-order valence-corrected chi connectivity index (χ4v) is 3.60. The first-order valence-corrected chi connectivity index (χ1v) is 8.95. The van der Waals surface area contributed by atoms with Crippen molar-refractivity contribution in [1.82, 2.24) is 19.3 Å². The van der Waals surface area contributed by atoms with E-state index >= 15 is 0 Å². The Bertz CT molecular complexity index is 570. The van der Waals surface area contributed by atoms with Crippen molar-refractivity contribution in [3.8, 4) is 0 Å². The lowest BCUT2D eigenvalue weighted by atomic mass is 10.2. The van der Waals surface area contributed by atoms with Crippen molar-refractivity contribution < 1.29 is 0 Å². The monoisotopic (exact) mass is 323 g/mol. The molecule has 2 rings (SSSR count). The molecule has 0 spiro atoms.